The van der Waals surface area contributed by atoms with E-state index >= 15 is 0 Å². The van der Waals surface area contributed by atoms with Gasteiger partial charge in [0.2, 0.25) is 21.9 Å². The SMILES string of the molecule is Cc1cc(NS(=O)(=O)C2CCCC2)c2ccccc2c1Oc1ncccc1-c1ccnc(N[C@H]2CC[C@H](N)CC2)n1.Cl. The number of hydrogen-bond donors (Lipinski definition) is 3. The van der Waals surface area contributed by atoms with E-state index in [1.54, 1.807) is 12.4 Å². The van der Waals surface area contributed by atoms with Crippen LogP contribution in [0.15, 0.2) is 60.9 Å². The molecule has 0 saturated heterocycles. The Balaban J connectivity index is 0.00000353. The van der Waals surface area contributed by atoms with Crippen molar-refractivity contribution < 1.29 is 13.2 Å². The van der Waals surface area contributed by atoms with Crippen molar-refractivity contribution in [1.82, 2.24) is 15.0 Å². The minimum atomic E-state index is -3.48. The first-order valence-corrected chi connectivity index (χ1v) is 15.9. The molecule has 42 heavy (non-hydrogen) atoms. The highest BCUT2D eigenvalue weighted by Gasteiger charge is 2.29. The molecule has 0 amide bonds. The Labute approximate surface area is 253 Å². The van der Waals surface area contributed by atoms with E-state index in [1.807, 2.05) is 55.5 Å². The van der Waals surface area contributed by atoms with Crippen LogP contribution in [0.2, 0.25) is 0 Å². The lowest BCUT2D eigenvalue weighted by atomic mass is 9.92. The number of fused-ring (bicyclic) bond motifs is 1. The number of nitrogens with zero attached hydrogens (tertiary/aromatic N) is 3. The van der Waals surface area contributed by atoms with Gasteiger partial charge in [0.1, 0.15) is 5.75 Å². The molecule has 2 aromatic heterocycles. The quantitative estimate of drug-likeness (QED) is 0.204. The average Bonchev–Trinajstić information content (AvgIpc) is 3.53. The van der Waals surface area contributed by atoms with Crippen molar-refractivity contribution in [3.63, 3.8) is 0 Å². The zero-order valence-electron chi connectivity index (χ0n) is 23.6. The molecular formula is C31H37ClN6O3S. The number of nitrogens with two attached hydrogens (primary N) is 1. The van der Waals surface area contributed by atoms with Crippen molar-refractivity contribution in [1.29, 1.82) is 0 Å². The molecule has 0 bridgehead atoms. The maximum absolute atomic E-state index is 13.1. The van der Waals surface area contributed by atoms with Gasteiger partial charge in [-0.15, -0.1) is 12.4 Å². The molecule has 6 rings (SSSR count). The van der Waals surface area contributed by atoms with E-state index in [0.717, 1.165) is 60.4 Å². The number of nitrogens with one attached hydrogen (secondary N) is 2. The first-order chi connectivity index (χ1) is 19.9. The highest BCUT2D eigenvalue weighted by molar-refractivity contribution is 7.93. The number of sulfonamides is 1. The third-order valence-corrected chi connectivity index (χ3v) is 10.0. The number of ether oxygens (including phenoxy) is 1. The molecular weight excluding hydrogens is 572 g/mol. The lowest BCUT2D eigenvalue weighted by Gasteiger charge is -2.26. The molecule has 222 valence electrons. The average molecular weight is 609 g/mol. The van der Waals surface area contributed by atoms with Crippen molar-refractivity contribution in [3.8, 4) is 22.9 Å². The van der Waals surface area contributed by atoms with Crippen LogP contribution in [0.3, 0.4) is 0 Å². The Morgan fingerprint density at radius 3 is 2.40 bits per heavy atom. The third-order valence-electron chi connectivity index (χ3n) is 8.18. The molecule has 2 fully saturated rings. The standard InChI is InChI=1S/C31H36N6O3S.ClH/c1-20-19-28(37-41(38,39)23-7-2-3-8-23)24-9-4-5-10-25(24)29(20)40-30-26(11-6-17-33-30)27-16-18-34-31(36-27)35-22-14-12-21(32)13-15-22;/h4-6,9-11,16-19,21-23,37H,2-3,7-8,12-15,32H2,1H3,(H,34,35,36);1H/t21-,22-;. The molecule has 11 heteroatoms. The van der Waals surface area contributed by atoms with E-state index in [1.165, 1.54) is 0 Å². The van der Waals surface area contributed by atoms with Crippen LogP contribution < -0.4 is 20.5 Å². The summed E-state index contributed by atoms with van der Waals surface area (Å²) >= 11 is 0. The number of halogens is 1. The molecule has 2 aromatic carbocycles. The van der Waals surface area contributed by atoms with Crippen molar-refractivity contribution in [2.75, 3.05) is 10.0 Å². The smallest absolute Gasteiger partial charge is 0.235 e. The van der Waals surface area contributed by atoms with Gasteiger partial charge < -0.3 is 15.8 Å². The summed E-state index contributed by atoms with van der Waals surface area (Å²) in [5.41, 5.74) is 8.86. The summed E-state index contributed by atoms with van der Waals surface area (Å²) in [6.45, 7) is 1.92. The molecule has 2 aliphatic rings. The van der Waals surface area contributed by atoms with Crippen LogP contribution in [0, 0.1) is 6.92 Å². The number of anilines is 2. The second-order valence-electron chi connectivity index (χ2n) is 11.1. The first-order valence-electron chi connectivity index (χ1n) is 14.4. The largest absolute Gasteiger partial charge is 0.437 e. The molecule has 4 N–H and O–H groups in total. The third kappa shape index (κ3) is 6.45. The van der Waals surface area contributed by atoms with Crippen LogP contribution in [0.4, 0.5) is 11.6 Å². The second-order valence-corrected chi connectivity index (χ2v) is 13.1. The highest BCUT2D eigenvalue weighted by Crippen LogP contribution is 2.40. The molecule has 2 aliphatic carbocycles. The number of hydrogen-bond acceptors (Lipinski definition) is 8. The van der Waals surface area contributed by atoms with E-state index in [9.17, 15) is 8.42 Å². The summed E-state index contributed by atoms with van der Waals surface area (Å²) in [6, 6.07) is 15.7. The van der Waals surface area contributed by atoms with Gasteiger partial charge in [-0.2, -0.15) is 0 Å². The molecule has 2 saturated carbocycles. The highest BCUT2D eigenvalue weighted by atomic mass is 35.5. The van der Waals surface area contributed by atoms with Gasteiger partial charge in [-0.3, -0.25) is 4.72 Å². The Morgan fingerprint density at radius 2 is 1.64 bits per heavy atom. The molecule has 0 radical (unpaired) electrons. The number of aromatic nitrogens is 3. The van der Waals surface area contributed by atoms with Gasteiger partial charge in [-0.25, -0.2) is 23.4 Å². The number of aryl methyl sites for hydroxylation is 1. The molecule has 0 atom stereocenters. The number of benzene rings is 2. The summed E-state index contributed by atoms with van der Waals surface area (Å²) in [4.78, 5) is 13.8. The van der Waals surface area contributed by atoms with Crippen LogP contribution in [-0.4, -0.2) is 40.7 Å². The zero-order chi connectivity index (χ0) is 28.4. The Hall–Kier alpha value is -3.47. The predicted molar refractivity (Wildman–Crippen MR) is 170 cm³/mol. The number of rotatable bonds is 8. The van der Waals surface area contributed by atoms with E-state index in [-0.39, 0.29) is 23.7 Å². The van der Waals surface area contributed by atoms with Gasteiger partial charge in [0.05, 0.1) is 22.2 Å². The van der Waals surface area contributed by atoms with Crippen molar-refractivity contribution >= 4 is 44.8 Å². The van der Waals surface area contributed by atoms with Crippen LogP contribution in [0.25, 0.3) is 22.0 Å². The predicted octanol–water partition coefficient (Wildman–Crippen LogP) is 6.58. The fraction of sp³-hybridized carbons (Fsp3) is 0.387. The zero-order valence-corrected chi connectivity index (χ0v) is 25.3. The van der Waals surface area contributed by atoms with Gasteiger partial charge in [-0.05, 0) is 75.3 Å². The summed E-state index contributed by atoms with van der Waals surface area (Å²) < 4.78 is 35.7. The summed E-state index contributed by atoms with van der Waals surface area (Å²) in [5, 5.41) is 4.68. The molecule has 0 spiro atoms. The maximum Gasteiger partial charge on any atom is 0.235 e. The van der Waals surface area contributed by atoms with Gasteiger partial charge in [-0.1, -0.05) is 37.1 Å². The number of pyridine rings is 1. The van der Waals surface area contributed by atoms with Crippen LogP contribution in [0.1, 0.15) is 56.9 Å². The van der Waals surface area contributed by atoms with Gasteiger partial charge >= 0.3 is 0 Å². The first kappa shape index (κ1) is 30.0. The molecule has 0 aliphatic heterocycles. The summed E-state index contributed by atoms with van der Waals surface area (Å²) in [7, 11) is -3.48. The van der Waals surface area contributed by atoms with Crippen LogP contribution in [0.5, 0.6) is 11.6 Å². The summed E-state index contributed by atoms with van der Waals surface area (Å²) in [6.07, 6.45) is 10.7. The van der Waals surface area contributed by atoms with Crippen LogP contribution >= 0.6 is 12.4 Å². The second kappa shape index (κ2) is 12.8. The molecule has 2 heterocycles. The van der Waals surface area contributed by atoms with Crippen LogP contribution in [-0.2, 0) is 10.0 Å². The monoisotopic (exact) mass is 608 g/mol. The molecule has 9 nitrogen and oxygen atoms in total. The minimum Gasteiger partial charge on any atom is -0.437 e. The van der Waals surface area contributed by atoms with Crippen molar-refractivity contribution in [2.45, 2.75) is 75.6 Å². The minimum absolute atomic E-state index is 0. The lowest BCUT2D eigenvalue weighted by molar-refractivity contribution is 0.410. The topological polar surface area (TPSA) is 132 Å². The van der Waals surface area contributed by atoms with E-state index in [2.05, 4.69) is 20.0 Å². The normalized spacial score (nSPS) is 19.3. The maximum atomic E-state index is 13.1. The van der Waals surface area contributed by atoms with Crippen molar-refractivity contribution in [2.24, 2.45) is 5.73 Å². The van der Waals surface area contributed by atoms with Gasteiger partial charge in [0.25, 0.3) is 0 Å². The Kier molecular flexibility index (Phi) is 9.15. The van der Waals surface area contributed by atoms with Crippen molar-refractivity contribution in [3.05, 3.63) is 66.5 Å². The van der Waals surface area contributed by atoms with E-state index in [0.29, 0.717) is 47.8 Å². The summed E-state index contributed by atoms with van der Waals surface area (Å²) in [5.74, 6) is 1.60. The fourth-order valence-corrected chi connectivity index (χ4v) is 7.53. The Bertz CT molecular complexity index is 1650. The van der Waals surface area contributed by atoms with E-state index in [4.69, 9.17) is 15.5 Å². The molecule has 0 unspecified atom stereocenters. The lowest BCUT2D eigenvalue weighted by Crippen LogP contribution is -2.33. The molecule has 4 aromatic rings. The fourth-order valence-electron chi connectivity index (χ4n) is 5.93. The van der Waals surface area contributed by atoms with E-state index < -0.39 is 10.0 Å². The van der Waals surface area contributed by atoms with Gasteiger partial charge in [0.15, 0.2) is 0 Å². The Morgan fingerprint density at radius 1 is 0.905 bits per heavy atom. The van der Waals surface area contributed by atoms with Gasteiger partial charge in [0, 0.05) is 35.2 Å².